The smallest absolute Gasteiger partial charge is 0.182 e. The van der Waals surface area contributed by atoms with Gasteiger partial charge in [0, 0.05) is 33.4 Å². The number of anilines is 1. The minimum Gasteiger partial charge on any atom is -0.491 e. The third-order valence-electron chi connectivity index (χ3n) is 5.44. The molecule has 0 amide bonds. The number of ether oxygens (including phenoxy) is 1. The zero-order valence-electron chi connectivity index (χ0n) is 19.3. The number of nitrogens with zero attached hydrogens (tertiary/aromatic N) is 3. The average molecular weight is 452 g/mol. The minimum absolute atomic E-state index is 0.0408. The quantitative estimate of drug-likeness (QED) is 0.268. The highest BCUT2D eigenvalue weighted by atomic mass is 19.1. The standard InChI is InChI=1S/C15H15FN2O.C11H15NO2/c1-2-15(19)12-9-14-11(16)8-13(18(14)17-12)10-6-4-3-5-7-10;1-12(2)10-6-3-4-7-11(10)14-9-5-8-13/h3-7,9,11,13H,2,8H2,1H3;3-4,6-8H,5,9H2,1-2H3. The van der Waals surface area contributed by atoms with Crippen molar-refractivity contribution in [3.8, 4) is 5.75 Å². The lowest BCUT2D eigenvalue weighted by atomic mass is 10.0. The molecule has 6 nitrogen and oxygen atoms in total. The normalized spacial score (nSPS) is 16.4. The maximum absolute atomic E-state index is 14.1. The Bertz CT molecular complexity index is 1070. The number of hydrogen-bond donors (Lipinski definition) is 0. The van der Waals surface area contributed by atoms with E-state index in [1.54, 1.807) is 17.7 Å². The maximum atomic E-state index is 14.1. The largest absolute Gasteiger partial charge is 0.491 e. The van der Waals surface area contributed by atoms with Crippen molar-refractivity contribution in [3.63, 3.8) is 0 Å². The van der Waals surface area contributed by atoms with E-state index in [-0.39, 0.29) is 11.8 Å². The molecule has 2 aromatic carbocycles. The summed E-state index contributed by atoms with van der Waals surface area (Å²) in [6.45, 7) is 2.22. The third-order valence-corrected chi connectivity index (χ3v) is 5.44. The van der Waals surface area contributed by atoms with E-state index >= 15 is 0 Å². The van der Waals surface area contributed by atoms with Crippen LogP contribution in [-0.4, -0.2) is 42.6 Å². The van der Waals surface area contributed by atoms with Gasteiger partial charge in [-0.1, -0.05) is 49.4 Å². The second-order valence-corrected chi connectivity index (χ2v) is 7.97. The topological polar surface area (TPSA) is 64.4 Å². The molecule has 0 bridgehead atoms. The Morgan fingerprint density at radius 1 is 1.18 bits per heavy atom. The summed E-state index contributed by atoms with van der Waals surface area (Å²) in [5.41, 5.74) is 2.95. The number of Topliss-reactive ketones (excluding diaryl/α,β-unsaturated/α-hetero) is 1. The van der Waals surface area contributed by atoms with Crippen LogP contribution >= 0.6 is 0 Å². The van der Waals surface area contributed by atoms with E-state index in [0.717, 1.165) is 23.3 Å². The van der Waals surface area contributed by atoms with Crippen molar-refractivity contribution < 1.29 is 18.7 Å². The highest BCUT2D eigenvalue weighted by Gasteiger charge is 2.34. The van der Waals surface area contributed by atoms with E-state index in [0.29, 0.717) is 37.3 Å². The van der Waals surface area contributed by atoms with Crippen molar-refractivity contribution in [3.05, 3.63) is 77.6 Å². The predicted molar refractivity (Wildman–Crippen MR) is 127 cm³/mol. The second-order valence-electron chi connectivity index (χ2n) is 7.97. The molecular formula is C26H30FN3O3. The molecule has 0 fully saturated rings. The lowest BCUT2D eigenvalue weighted by molar-refractivity contribution is -0.108. The molecule has 1 aliphatic heterocycles. The first-order valence-corrected chi connectivity index (χ1v) is 11.1. The summed E-state index contributed by atoms with van der Waals surface area (Å²) in [5.74, 6) is 0.778. The Hall–Kier alpha value is -3.48. The van der Waals surface area contributed by atoms with Gasteiger partial charge in [0.1, 0.15) is 23.9 Å². The van der Waals surface area contributed by atoms with Gasteiger partial charge in [0.05, 0.1) is 24.0 Å². The van der Waals surface area contributed by atoms with Crippen LogP contribution in [0.3, 0.4) is 0 Å². The van der Waals surface area contributed by atoms with Crippen LogP contribution in [0.1, 0.15) is 60.1 Å². The number of aromatic nitrogens is 2. The number of ketones is 1. The molecule has 33 heavy (non-hydrogen) atoms. The molecule has 3 aromatic rings. The van der Waals surface area contributed by atoms with Crippen molar-refractivity contribution in [2.24, 2.45) is 0 Å². The molecule has 0 saturated carbocycles. The summed E-state index contributed by atoms with van der Waals surface area (Å²) < 4.78 is 21.2. The van der Waals surface area contributed by atoms with Crippen LogP contribution in [0.5, 0.6) is 5.75 Å². The van der Waals surface area contributed by atoms with Gasteiger partial charge in [-0.25, -0.2) is 4.39 Å². The summed E-state index contributed by atoms with van der Waals surface area (Å²) >= 11 is 0. The highest BCUT2D eigenvalue weighted by molar-refractivity contribution is 5.94. The minimum atomic E-state index is -1.05. The molecule has 2 unspecified atom stereocenters. The van der Waals surface area contributed by atoms with E-state index in [4.69, 9.17) is 4.74 Å². The predicted octanol–water partition coefficient (Wildman–Crippen LogP) is 5.20. The van der Waals surface area contributed by atoms with Gasteiger partial charge >= 0.3 is 0 Å². The summed E-state index contributed by atoms with van der Waals surface area (Å²) in [6, 6.07) is 19.0. The SMILES string of the molecule is CCC(=O)c1cc2n(n1)C(c1ccccc1)CC2F.CN(C)c1ccccc1OCCC=O. The van der Waals surface area contributed by atoms with Crippen LogP contribution in [0.2, 0.25) is 0 Å². The lowest BCUT2D eigenvalue weighted by Gasteiger charge is -2.17. The number of hydrogen-bond acceptors (Lipinski definition) is 5. The summed E-state index contributed by atoms with van der Waals surface area (Å²) in [4.78, 5) is 23.8. The molecule has 0 N–H and O–H groups in total. The van der Waals surface area contributed by atoms with Crippen LogP contribution in [0.15, 0.2) is 60.7 Å². The monoisotopic (exact) mass is 451 g/mol. The molecule has 1 aliphatic rings. The first kappa shape index (κ1) is 24.2. The number of alkyl halides is 1. The maximum Gasteiger partial charge on any atom is 0.182 e. The van der Waals surface area contributed by atoms with Gasteiger partial charge in [0.25, 0.3) is 0 Å². The fraction of sp³-hybridized carbons (Fsp3) is 0.346. The van der Waals surface area contributed by atoms with Crippen LogP contribution in [0.25, 0.3) is 0 Å². The first-order chi connectivity index (χ1) is 16.0. The number of halogens is 1. The van der Waals surface area contributed by atoms with Crippen molar-refractivity contribution in [2.75, 3.05) is 25.6 Å². The number of carbonyl (C=O) groups is 2. The van der Waals surface area contributed by atoms with Gasteiger partial charge in [-0.3, -0.25) is 9.48 Å². The van der Waals surface area contributed by atoms with Gasteiger partial charge in [-0.15, -0.1) is 0 Å². The van der Waals surface area contributed by atoms with E-state index in [1.807, 2.05) is 73.6 Å². The molecule has 1 aromatic heterocycles. The highest BCUT2D eigenvalue weighted by Crippen LogP contribution is 2.40. The Labute approximate surface area is 194 Å². The fourth-order valence-electron chi connectivity index (χ4n) is 3.74. The summed E-state index contributed by atoms with van der Waals surface area (Å²) in [5, 5.41) is 4.30. The number of para-hydroxylation sites is 2. The van der Waals surface area contributed by atoms with E-state index in [9.17, 15) is 14.0 Å². The molecule has 0 saturated heterocycles. The Morgan fingerprint density at radius 2 is 1.88 bits per heavy atom. The fourth-order valence-corrected chi connectivity index (χ4v) is 3.74. The molecule has 0 radical (unpaired) electrons. The van der Waals surface area contributed by atoms with Crippen molar-refractivity contribution >= 4 is 17.8 Å². The van der Waals surface area contributed by atoms with Crippen molar-refractivity contribution in [2.45, 2.75) is 38.4 Å². The van der Waals surface area contributed by atoms with E-state index in [2.05, 4.69) is 5.10 Å². The number of rotatable bonds is 8. The number of carbonyl (C=O) groups excluding carboxylic acids is 2. The molecule has 0 aliphatic carbocycles. The van der Waals surface area contributed by atoms with Gasteiger partial charge in [0.2, 0.25) is 0 Å². The van der Waals surface area contributed by atoms with Crippen LogP contribution in [0, 0.1) is 0 Å². The van der Waals surface area contributed by atoms with Gasteiger partial charge < -0.3 is 14.4 Å². The van der Waals surface area contributed by atoms with E-state index < -0.39 is 6.17 Å². The summed E-state index contributed by atoms with van der Waals surface area (Å²) in [6.07, 6.45) is 1.03. The molecule has 2 heterocycles. The van der Waals surface area contributed by atoms with Crippen LogP contribution in [-0.2, 0) is 4.79 Å². The van der Waals surface area contributed by atoms with Gasteiger partial charge in [-0.2, -0.15) is 5.10 Å². The van der Waals surface area contributed by atoms with Crippen LogP contribution < -0.4 is 9.64 Å². The Balaban J connectivity index is 0.000000196. The van der Waals surface area contributed by atoms with E-state index in [1.165, 1.54) is 0 Å². The Morgan fingerprint density at radius 3 is 2.55 bits per heavy atom. The first-order valence-electron chi connectivity index (χ1n) is 11.1. The summed E-state index contributed by atoms with van der Waals surface area (Å²) in [7, 11) is 3.92. The van der Waals surface area contributed by atoms with Crippen molar-refractivity contribution in [1.29, 1.82) is 0 Å². The average Bonchev–Trinajstić information content (AvgIpc) is 3.40. The Kier molecular flexibility index (Phi) is 8.35. The molecule has 0 spiro atoms. The second kappa shape index (κ2) is 11.4. The number of benzene rings is 2. The number of fused-ring (bicyclic) bond motifs is 1. The van der Waals surface area contributed by atoms with Gasteiger partial charge in [-0.05, 0) is 23.8 Å². The molecule has 2 atom stereocenters. The van der Waals surface area contributed by atoms with Crippen molar-refractivity contribution in [1.82, 2.24) is 9.78 Å². The third kappa shape index (κ3) is 5.86. The zero-order chi connectivity index (χ0) is 23.8. The molecule has 7 heteroatoms. The molecule has 174 valence electrons. The molecule has 4 rings (SSSR count). The zero-order valence-corrected chi connectivity index (χ0v) is 19.3. The lowest BCUT2D eigenvalue weighted by Crippen LogP contribution is -2.11. The number of aldehydes is 1. The molecular weight excluding hydrogens is 421 g/mol. The van der Waals surface area contributed by atoms with Crippen LogP contribution in [0.4, 0.5) is 10.1 Å². The van der Waals surface area contributed by atoms with Gasteiger partial charge in [0.15, 0.2) is 5.78 Å².